The molecule has 0 fully saturated rings. The van der Waals surface area contributed by atoms with E-state index in [1.807, 2.05) is 91.0 Å². The Morgan fingerprint density at radius 1 is 0.553 bits per heavy atom. The van der Waals surface area contributed by atoms with E-state index in [0.29, 0.717) is 11.1 Å². The van der Waals surface area contributed by atoms with Crippen molar-refractivity contribution in [3.63, 3.8) is 0 Å². The maximum Gasteiger partial charge on any atom is 0.0991 e. The first-order chi connectivity index (χ1) is 23.1. The molecule has 0 saturated heterocycles. The molecule has 0 aromatic heterocycles. The molecule has 0 atom stereocenters. The van der Waals surface area contributed by atoms with E-state index in [1.54, 1.807) is 0 Å². The first-order valence-corrected chi connectivity index (χ1v) is 15.3. The summed E-state index contributed by atoms with van der Waals surface area (Å²) >= 11 is 0. The van der Waals surface area contributed by atoms with Gasteiger partial charge in [0.2, 0.25) is 0 Å². The Labute approximate surface area is 274 Å². The summed E-state index contributed by atoms with van der Waals surface area (Å²) in [6.45, 7) is 2.12. The normalized spacial score (nSPS) is 11.4. The van der Waals surface area contributed by atoms with Crippen molar-refractivity contribution in [1.82, 2.24) is 0 Å². The fourth-order valence-electron chi connectivity index (χ4n) is 6.36. The van der Waals surface area contributed by atoms with Crippen LogP contribution >= 0.6 is 0 Å². The topological polar surface area (TPSA) is 54.1 Å². The van der Waals surface area contributed by atoms with Gasteiger partial charge in [-0.25, -0.2) is 0 Å². The van der Waals surface area contributed by atoms with Gasteiger partial charge in [-0.2, -0.15) is 10.5 Å². The highest BCUT2D eigenvalue weighted by Crippen LogP contribution is 2.42. The Kier molecular flexibility index (Phi) is 7.57. The van der Waals surface area contributed by atoms with Gasteiger partial charge in [0.05, 0.1) is 29.0 Å². The number of benzene rings is 7. The molecule has 4 heteroatoms. The summed E-state index contributed by atoms with van der Waals surface area (Å²) < 4.78 is 0. The number of nitrogens with zero attached hydrogens (tertiary/aromatic N) is 4. The van der Waals surface area contributed by atoms with E-state index in [1.165, 1.54) is 0 Å². The molecule has 0 aliphatic carbocycles. The van der Waals surface area contributed by atoms with Crippen molar-refractivity contribution in [2.75, 3.05) is 9.80 Å². The number of rotatable bonds is 6. The largest absolute Gasteiger partial charge is 0.314 e. The summed E-state index contributed by atoms with van der Waals surface area (Å²) in [6.07, 6.45) is 6.21. The molecule has 0 aliphatic heterocycles. The van der Waals surface area contributed by atoms with Gasteiger partial charge in [0, 0.05) is 55.4 Å². The number of anilines is 5. The van der Waals surface area contributed by atoms with Crippen molar-refractivity contribution in [3.05, 3.63) is 168 Å². The minimum Gasteiger partial charge on any atom is -0.314 e. The summed E-state index contributed by atoms with van der Waals surface area (Å²) in [5.74, 6) is 2.98. The molecule has 7 aromatic rings. The monoisotopic (exact) mass is 600 g/mol. The van der Waals surface area contributed by atoms with Crippen molar-refractivity contribution >= 4 is 55.7 Å². The fourth-order valence-corrected chi connectivity index (χ4v) is 6.36. The van der Waals surface area contributed by atoms with Crippen molar-refractivity contribution in [1.29, 1.82) is 10.5 Å². The molecular weight excluding hydrogens is 573 g/mol. The zero-order valence-corrected chi connectivity index (χ0v) is 25.7. The molecule has 0 spiro atoms. The Hall–Kier alpha value is -6.80. The SMILES string of the molecule is C#Cc1ccc2c(N(c3ccccc3)c3ccc(C#N)cc3)ccc3ccc(=C(C)N(c4ccccc4)c4ccc(C#N)cc4)c1c32. The van der Waals surface area contributed by atoms with Crippen LogP contribution < -0.4 is 15.0 Å². The number of terminal acetylenes is 1. The average molecular weight is 601 g/mol. The van der Waals surface area contributed by atoms with Gasteiger partial charge in [-0.15, -0.1) is 6.42 Å². The van der Waals surface area contributed by atoms with Crippen molar-refractivity contribution in [3.8, 4) is 24.5 Å². The minimum atomic E-state index is 0.607. The van der Waals surface area contributed by atoms with Crippen LogP contribution in [0.1, 0.15) is 23.6 Å². The van der Waals surface area contributed by atoms with Crippen molar-refractivity contribution < 1.29 is 0 Å². The molecule has 0 unspecified atom stereocenters. The zero-order chi connectivity index (χ0) is 32.3. The van der Waals surface area contributed by atoms with Crippen LogP contribution in [0.5, 0.6) is 0 Å². The summed E-state index contributed by atoms with van der Waals surface area (Å²) in [7, 11) is 0. The van der Waals surface area contributed by atoms with Crippen LogP contribution in [0.3, 0.4) is 0 Å². The Morgan fingerprint density at radius 3 is 1.68 bits per heavy atom. The van der Waals surface area contributed by atoms with Gasteiger partial charge in [0.1, 0.15) is 0 Å². The van der Waals surface area contributed by atoms with E-state index >= 15 is 0 Å². The third kappa shape index (κ3) is 5.19. The molecule has 0 bridgehead atoms. The second-order valence-electron chi connectivity index (χ2n) is 11.2. The van der Waals surface area contributed by atoms with E-state index in [-0.39, 0.29) is 0 Å². The highest BCUT2D eigenvalue weighted by molar-refractivity contribution is 6.17. The lowest BCUT2D eigenvalue weighted by atomic mass is 9.93. The second-order valence-corrected chi connectivity index (χ2v) is 11.2. The van der Waals surface area contributed by atoms with Crippen LogP contribution in [0.25, 0.3) is 27.2 Å². The van der Waals surface area contributed by atoms with Crippen molar-refractivity contribution in [2.45, 2.75) is 6.92 Å². The second kappa shape index (κ2) is 12.3. The molecule has 47 heavy (non-hydrogen) atoms. The van der Waals surface area contributed by atoms with E-state index in [9.17, 15) is 10.5 Å². The third-order valence-electron chi connectivity index (χ3n) is 8.55. The Morgan fingerprint density at radius 2 is 1.09 bits per heavy atom. The molecule has 0 amide bonds. The molecule has 0 aliphatic rings. The number of hydrogen-bond acceptors (Lipinski definition) is 4. The van der Waals surface area contributed by atoms with E-state index in [2.05, 4.69) is 89.4 Å². The van der Waals surface area contributed by atoms with Crippen LogP contribution in [0, 0.1) is 35.0 Å². The summed E-state index contributed by atoms with van der Waals surface area (Å²) in [4.78, 5) is 4.43. The molecule has 0 saturated carbocycles. The lowest BCUT2D eigenvalue weighted by molar-refractivity contribution is 1.26. The fraction of sp³-hybridized carbons (Fsp3) is 0.0233. The smallest absolute Gasteiger partial charge is 0.0991 e. The van der Waals surface area contributed by atoms with Gasteiger partial charge in [-0.05, 0) is 97.2 Å². The molecule has 220 valence electrons. The molecule has 4 nitrogen and oxygen atoms in total. The highest BCUT2D eigenvalue weighted by Gasteiger charge is 2.20. The molecule has 7 rings (SSSR count). The van der Waals surface area contributed by atoms with E-state index in [0.717, 1.165) is 66.5 Å². The van der Waals surface area contributed by atoms with Crippen LogP contribution in [-0.4, -0.2) is 0 Å². The van der Waals surface area contributed by atoms with Gasteiger partial charge in [-0.1, -0.05) is 66.6 Å². The molecule has 7 aromatic carbocycles. The molecule has 0 heterocycles. The van der Waals surface area contributed by atoms with Gasteiger partial charge in [0.25, 0.3) is 0 Å². The third-order valence-corrected chi connectivity index (χ3v) is 8.55. The molecular formula is C43H28N4. The quantitative estimate of drug-likeness (QED) is 0.178. The first-order valence-electron chi connectivity index (χ1n) is 15.3. The Bertz CT molecular complexity index is 2430. The van der Waals surface area contributed by atoms with E-state index < -0.39 is 0 Å². The predicted molar refractivity (Wildman–Crippen MR) is 193 cm³/mol. The Balaban J connectivity index is 1.54. The number of para-hydroxylation sites is 2. The minimum absolute atomic E-state index is 0.607. The molecule has 0 N–H and O–H groups in total. The predicted octanol–water partition coefficient (Wildman–Crippen LogP) is 9.87. The van der Waals surface area contributed by atoms with Crippen LogP contribution in [-0.2, 0) is 0 Å². The van der Waals surface area contributed by atoms with Gasteiger partial charge in [-0.3, -0.25) is 0 Å². The summed E-state index contributed by atoms with van der Waals surface area (Å²) in [5.41, 5.74) is 7.93. The van der Waals surface area contributed by atoms with Crippen molar-refractivity contribution in [2.24, 2.45) is 0 Å². The lowest BCUT2D eigenvalue weighted by Crippen LogP contribution is -2.22. The van der Waals surface area contributed by atoms with Crippen LogP contribution in [0.2, 0.25) is 0 Å². The standard InChI is InChI=1S/C43H28N4/c1-3-33-18-26-40-41(47(36-12-8-5-9-13-36)38-23-16-32(29-45)17-24-38)27-20-34-19-25-39(42(33)43(34)40)30(2)46(35-10-6-4-7-11-35)37-21-14-31(28-44)15-22-37/h1,4-27H,2H3. The van der Waals surface area contributed by atoms with Gasteiger partial charge < -0.3 is 9.80 Å². The highest BCUT2D eigenvalue weighted by atomic mass is 15.1. The summed E-state index contributed by atoms with van der Waals surface area (Å²) in [5, 5.41) is 24.2. The van der Waals surface area contributed by atoms with Gasteiger partial charge >= 0.3 is 0 Å². The zero-order valence-electron chi connectivity index (χ0n) is 25.7. The van der Waals surface area contributed by atoms with Crippen LogP contribution in [0.4, 0.5) is 28.4 Å². The van der Waals surface area contributed by atoms with Crippen LogP contribution in [0.15, 0.2) is 146 Å². The summed E-state index contributed by atoms with van der Waals surface area (Å²) in [6, 6.07) is 53.0. The van der Waals surface area contributed by atoms with E-state index in [4.69, 9.17) is 6.42 Å². The average Bonchev–Trinajstić information content (AvgIpc) is 3.14. The number of nitriles is 2. The van der Waals surface area contributed by atoms with Gasteiger partial charge in [0.15, 0.2) is 0 Å². The maximum absolute atomic E-state index is 9.46. The maximum atomic E-state index is 9.46. The lowest BCUT2D eigenvalue weighted by Gasteiger charge is -2.28. The number of hydrogen-bond donors (Lipinski definition) is 0. The molecule has 0 radical (unpaired) electrons. The first kappa shape index (κ1) is 28.9.